The number of hydrogen-bond donors (Lipinski definition) is 2. The maximum absolute atomic E-state index is 10.6. The van der Waals surface area contributed by atoms with Crippen LogP contribution in [0.1, 0.15) is 66.2 Å². The minimum absolute atomic E-state index is 0.387. The van der Waals surface area contributed by atoms with Gasteiger partial charge in [0.1, 0.15) is 6.35 Å². The van der Waals surface area contributed by atoms with Gasteiger partial charge in [0.2, 0.25) is 0 Å². The fourth-order valence-electron chi connectivity index (χ4n) is 2.06. The Morgan fingerprint density at radius 1 is 0.913 bits per heavy atom. The van der Waals surface area contributed by atoms with E-state index >= 15 is 0 Å². The molecule has 134 valence electrons. The van der Waals surface area contributed by atoms with Crippen molar-refractivity contribution in [2.24, 2.45) is 0 Å². The number of ether oxygens (including phenoxy) is 1. The summed E-state index contributed by atoms with van der Waals surface area (Å²) in [7, 11) is -4.02. The van der Waals surface area contributed by atoms with Crippen LogP contribution in [0.15, 0.2) is 34.9 Å². The first kappa shape index (κ1) is 22.3. The van der Waals surface area contributed by atoms with E-state index in [1.54, 1.807) is 0 Å². The van der Waals surface area contributed by atoms with E-state index in [2.05, 4.69) is 45.9 Å². The van der Waals surface area contributed by atoms with Crippen LogP contribution in [0, 0.1) is 0 Å². The van der Waals surface area contributed by atoms with Crippen LogP contribution in [0.3, 0.4) is 0 Å². The second kappa shape index (κ2) is 12.7. The molecule has 0 rings (SSSR count). The third kappa shape index (κ3) is 17.5. The molecule has 0 aromatic rings. The van der Waals surface area contributed by atoms with Gasteiger partial charge in [-0.05, 0) is 66.2 Å². The van der Waals surface area contributed by atoms with E-state index in [9.17, 15) is 4.57 Å². The van der Waals surface area contributed by atoms with Crippen molar-refractivity contribution in [1.29, 1.82) is 0 Å². The van der Waals surface area contributed by atoms with Gasteiger partial charge in [-0.3, -0.25) is 4.57 Å². The predicted molar refractivity (Wildman–Crippen MR) is 97.5 cm³/mol. The number of rotatable bonds is 12. The quantitative estimate of drug-likeness (QED) is 0.285. The van der Waals surface area contributed by atoms with Crippen molar-refractivity contribution in [3.63, 3.8) is 0 Å². The molecule has 0 atom stereocenters. The molecular formula is C18H33O4P. The Hall–Kier alpha value is -0.670. The summed E-state index contributed by atoms with van der Waals surface area (Å²) in [4.78, 5) is 17.3. The van der Waals surface area contributed by atoms with Crippen LogP contribution in [-0.4, -0.2) is 22.7 Å². The van der Waals surface area contributed by atoms with E-state index in [-0.39, 0.29) is 0 Å². The van der Waals surface area contributed by atoms with Gasteiger partial charge >= 0.3 is 7.60 Å². The van der Waals surface area contributed by atoms with Gasteiger partial charge < -0.3 is 14.5 Å². The monoisotopic (exact) mass is 344 g/mol. The van der Waals surface area contributed by atoms with Crippen molar-refractivity contribution < 1.29 is 19.1 Å². The molecule has 0 amide bonds. The van der Waals surface area contributed by atoms with E-state index in [0.29, 0.717) is 6.61 Å². The molecule has 0 saturated heterocycles. The first-order valence-corrected chi connectivity index (χ1v) is 10.1. The highest BCUT2D eigenvalue weighted by Gasteiger charge is 2.11. The van der Waals surface area contributed by atoms with Gasteiger partial charge in [0, 0.05) is 6.61 Å². The van der Waals surface area contributed by atoms with E-state index in [0.717, 1.165) is 38.5 Å². The minimum Gasteiger partial charge on any atom is -0.369 e. The maximum Gasteiger partial charge on any atom is 0.350 e. The second-order valence-corrected chi connectivity index (χ2v) is 7.89. The average molecular weight is 344 g/mol. The van der Waals surface area contributed by atoms with Gasteiger partial charge in [0.05, 0.1) is 0 Å². The molecule has 0 aliphatic rings. The summed E-state index contributed by atoms with van der Waals surface area (Å²) in [5.41, 5.74) is 4.18. The largest absolute Gasteiger partial charge is 0.369 e. The van der Waals surface area contributed by atoms with Crippen molar-refractivity contribution in [3.05, 3.63) is 34.9 Å². The van der Waals surface area contributed by atoms with E-state index < -0.39 is 13.9 Å². The van der Waals surface area contributed by atoms with Crippen LogP contribution >= 0.6 is 7.60 Å². The molecule has 23 heavy (non-hydrogen) atoms. The molecule has 0 aromatic heterocycles. The van der Waals surface area contributed by atoms with Crippen molar-refractivity contribution in [2.45, 2.75) is 66.2 Å². The van der Waals surface area contributed by atoms with Crippen molar-refractivity contribution in [1.82, 2.24) is 0 Å². The van der Waals surface area contributed by atoms with Crippen LogP contribution < -0.4 is 0 Å². The summed E-state index contributed by atoms with van der Waals surface area (Å²) in [6.07, 6.45) is 12.3. The molecule has 0 radical (unpaired) electrons. The molecule has 0 bridgehead atoms. The van der Waals surface area contributed by atoms with Crippen molar-refractivity contribution in [3.8, 4) is 0 Å². The first-order chi connectivity index (χ1) is 10.7. The Balaban J connectivity index is 3.77. The van der Waals surface area contributed by atoms with Crippen LogP contribution in [0.5, 0.6) is 0 Å². The van der Waals surface area contributed by atoms with Crippen LogP contribution in [0.25, 0.3) is 0 Å². The van der Waals surface area contributed by atoms with Crippen LogP contribution in [0.4, 0.5) is 0 Å². The zero-order valence-corrected chi connectivity index (χ0v) is 15.9. The zero-order chi connectivity index (χ0) is 17.7. The maximum atomic E-state index is 10.6. The van der Waals surface area contributed by atoms with Gasteiger partial charge in [-0.1, -0.05) is 34.9 Å². The lowest BCUT2D eigenvalue weighted by atomic mass is 10.1. The van der Waals surface area contributed by atoms with Gasteiger partial charge in [0.15, 0.2) is 0 Å². The lowest BCUT2D eigenvalue weighted by Crippen LogP contribution is -1.97. The lowest BCUT2D eigenvalue weighted by Gasteiger charge is -2.05. The molecule has 0 aliphatic heterocycles. The molecule has 0 aliphatic carbocycles. The summed E-state index contributed by atoms with van der Waals surface area (Å²) in [5, 5.41) is 0. The summed E-state index contributed by atoms with van der Waals surface area (Å²) >= 11 is 0. The highest BCUT2D eigenvalue weighted by Crippen LogP contribution is 2.33. The Morgan fingerprint density at radius 3 is 1.96 bits per heavy atom. The first-order valence-electron chi connectivity index (χ1n) is 8.27. The Labute approximate surface area is 141 Å². The Bertz CT molecular complexity index is 454. The minimum atomic E-state index is -4.02. The highest BCUT2D eigenvalue weighted by atomic mass is 31.2. The van der Waals surface area contributed by atoms with Crippen LogP contribution in [-0.2, 0) is 9.30 Å². The molecule has 0 unspecified atom stereocenters. The molecule has 0 aromatic carbocycles. The summed E-state index contributed by atoms with van der Waals surface area (Å²) in [6.45, 7) is 8.96. The van der Waals surface area contributed by atoms with Gasteiger partial charge in [-0.25, -0.2) is 0 Å². The zero-order valence-electron chi connectivity index (χ0n) is 15.0. The molecule has 2 N–H and O–H groups in total. The van der Waals surface area contributed by atoms with Crippen molar-refractivity contribution >= 4 is 7.60 Å². The van der Waals surface area contributed by atoms with Crippen molar-refractivity contribution in [2.75, 3.05) is 13.0 Å². The lowest BCUT2D eigenvalue weighted by molar-refractivity contribution is 0.155. The molecule has 0 saturated carbocycles. The molecular weight excluding hydrogens is 311 g/mol. The van der Waals surface area contributed by atoms with Gasteiger partial charge in [-0.2, -0.15) is 0 Å². The third-order valence-electron chi connectivity index (χ3n) is 3.37. The standard InChI is InChI=1S/C18H33O4P/c1-16(2)9-7-11-18(4)13-8-12-17(3)10-5-6-14-22-15-23(19,20)21/h9-10,13H,5-8,11-12,14-15H2,1-4H3,(H2,19,20,21). The molecule has 0 spiro atoms. The van der Waals surface area contributed by atoms with E-state index in [1.807, 2.05) is 0 Å². The number of hydrogen-bond acceptors (Lipinski definition) is 2. The fourth-order valence-corrected chi connectivity index (χ4v) is 2.42. The molecule has 5 heteroatoms. The highest BCUT2D eigenvalue weighted by molar-refractivity contribution is 7.51. The third-order valence-corrected chi connectivity index (χ3v) is 3.89. The molecule has 0 fully saturated rings. The molecule has 4 nitrogen and oxygen atoms in total. The summed E-state index contributed by atoms with van der Waals surface area (Å²) < 4.78 is 15.5. The normalized spacial score (nSPS) is 13.3. The smallest absolute Gasteiger partial charge is 0.350 e. The predicted octanol–water partition coefficient (Wildman–Crippen LogP) is 5.34. The molecule has 0 heterocycles. The van der Waals surface area contributed by atoms with E-state index in [4.69, 9.17) is 14.5 Å². The summed E-state index contributed by atoms with van der Waals surface area (Å²) in [5.74, 6) is 0. The van der Waals surface area contributed by atoms with Gasteiger partial charge in [-0.15, -0.1) is 0 Å². The van der Waals surface area contributed by atoms with Gasteiger partial charge in [0.25, 0.3) is 0 Å². The fraction of sp³-hybridized carbons (Fsp3) is 0.667. The number of allylic oxidation sites excluding steroid dienone is 6. The summed E-state index contributed by atoms with van der Waals surface area (Å²) in [6, 6.07) is 0. The SMILES string of the molecule is CC(C)=CCCC(C)=CCCC(C)=CCCCOCP(=O)(O)O. The van der Waals surface area contributed by atoms with Crippen LogP contribution in [0.2, 0.25) is 0 Å². The Kier molecular flexibility index (Phi) is 12.3. The second-order valence-electron chi connectivity index (χ2n) is 6.30. The average Bonchev–Trinajstić information content (AvgIpc) is 2.41. The Morgan fingerprint density at radius 2 is 1.43 bits per heavy atom. The number of unbranched alkanes of at least 4 members (excludes halogenated alkanes) is 1. The van der Waals surface area contributed by atoms with E-state index in [1.165, 1.54) is 16.7 Å². The topological polar surface area (TPSA) is 66.8 Å².